The van der Waals surface area contributed by atoms with Crippen molar-refractivity contribution in [1.82, 2.24) is 9.36 Å². The molecule has 2 aromatic heterocycles. The molecule has 1 aliphatic heterocycles. The van der Waals surface area contributed by atoms with E-state index >= 15 is 0 Å². The Bertz CT molecular complexity index is 1080. The van der Waals surface area contributed by atoms with E-state index in [9.17, 15) is 18.0 Å². The monoisotopic (exact) mass is 482 g/mol. The number of benzene rings is 1. The highest BCUT2D eigenvalue weighted by molar-refractivity contribution is 7.09. The molecule has 11 heteroatoms. The Morgan fingerprint density at radius 1 is 1.28 bits per heavy atom. The summed E-state index contributed by atoms with van der Waals surface area (Å²) in [6, 6.07) is 8.84. The van der Waals surface area contributed by atoms with Crippen molar-refractivity contribution in [2.24, 2.45) is 5.92 Å². The van der Waals surface area contributed by atoms with Crippen LogP contribution >= 0.6 is 23.1 Å². The molecule has 0 bridgehead atoms. The summed E-state index contributed by atoms with van der Waals surface area (Å²) >= 11 is 6.00. The van der Waals surface area contributed by atoms with Crippen LogP contribution in [0.2, 0.25) is 0 Å². The third-order valence-electron chi connectivity index (χ3n) is 5.00. The second kappa shape index (κ2) is 8.95. The first-order chi connectivity index (χ1) is 15.2. The molecule has 0 radical (unpaired) electrons. The van der Waals surface area contributed by atoms with Gasteiger partial charge in [0.25, 0.3) is 5.91 Å². The minimum atomic E-state index is -3.82. The fourth-order valence-electron chi connectivity index (χ4n) is 3.41. The van der Waals surface area contributed by atoms with E-state index in [-0.39, 0.29) is 23.8 Å². The molecular weight excluding hydrogens is 465 g/mol. The molecule has 1 N–H and O–H groups in total. The van der Waals surface area contributed by atoms with Crippen molar-refractivity contribution in [1.29, 1.82) is 0 Å². The van der Waals surface area contributed by atoms with Gasteiger partial charge in [0, 0.05) is 47.7 Å². The Morgan fingerprint density at radius 2 is 2.03 bits per heavy atom. The summed E-state index contributed by atoms with van der Waals surface area (Å²) < 4.78 is 47.9. The first-order valence-electron chi connectivity index (χ1n) is 9.67. The van der Waals surface area contributed by atoms with Crippen molar-refractivity contribution in [2.45, 2.75) is 18.7 Å². The molecule has 0 saturated carbocycles. The van der Waals surface area contributed by atoms with Crippen LogP contribution in [0.5, 0.6) is 5.75 Å². The van der Waals surface area contributed by atoms with Crippen LogP contribution in [0.3, 0.4) is 0 Å². The van der Waals surface area contributed by atoms with Crippen LogP contribution in [0, 0.1) is 5.92 Å². The number of alkyl halides is 4. The van der Waals surface area contributed by atoms with Gasteiger partial charge in [0.2, 0.25) is 0 Å². The molecule has 32 heavy (non-hydrogen) atoms. The van der Waals surface area contributed by atoms with Gasteiger partial charge in [0.1, 0.15) is 17.7 Å². The number of aromatic nitrogens is 2. The first-order valence-corrected chi connectivity index (χ1v) is 10.8. The van der Waals surface area contributed by atoms with Gasteiger partial charge in [-0.3, -0.25) is 4.79 Å². The summed E-state index contributed by atoms with van der Waals surface area (Å²) in [5, 5.41) is 2.68. The summed E-state index contributed by atoms with van der Waals surface area (Å²) in [5.74, 6) is -0.0992. The number of hydrogen-bond donors (Lipinski definition) is 1. The van der Waals surface area contributed by atoms with Crippen molar-refractivity contribution < 1.29 is 22.7 Å². The highest BCUT2D eigenvalue weighted by Gasteiger charge is 2.32. The summed E-state index contributed by atoms with van der Waals surface area (Å²) in [5.41, 5.74) is -2.47. The predicted molar refractivity (Wildman–Crippen MR) is 117 cm³/mol. The smallest absolute Gasteiger partial charge is 0.420 e. The highest BCUT2D eigenvalue weighted by Crippen LogP contribution is 2.35. The second-order valence-corrected chi connectivity index (χ2v) is 8.67. The Morgan fingerprint density at radius 3 is 2.62 bits per heavy atom. The molecular formula is C21H18ClF3N4O2S. The number of rotatable bonds is 6. The maximum Gasteiger partial charge on any atom is 0.487 e. The van der Waals surface area contributed by atoms with Crippen molar-refractivity contribution in [3.05, 3.63) is 54.4 Å². The summed E-state index contributed by atoms with van der Waals surface area (Å²) in [6.45, 7) is 2.62. The second-order valence-electron chi connectivity index (χ2n) is 7.40. The van der Waals surface area contributed by atoms with E-state index in [0.29, 0.717) is 23.6 Å². The van der Waals surface area contributed by atoms with E-state index in [2.05, 4.69) is 19.4 Å². The van der Waals surface area contributed by atoms with Crippen LogP contribution in [0.4, 0.5) is 24.7 Å². The maximum absolute atomic E-state index is 14.1. The molecule has 2 unspecified atom stereocenters. The molecule has 1 aromatic carbocycles. The summed E-state index contributed by atoms with van der Waals surface area (Å²) in [4.78, 5) is 19.9. The zero-order chi connectivity index (χ0) is 22.9. The molecule has 6 nitrogen and oxygen atoms in total. The number of hydrogen-bond acceptors (Lipinski definition) is 6. The number of nitrogens with zero attached hydrogens (tertiary/aromatic N) is 3. The third-order valence-corrected chi connectivity index (χ3v) is 5.86. The van der Waals surface area contributed by atoms with Crippen LogP contribution in [-0.4, -0.2) is 40.1 Å². The summed E-state index contributed by atoms with van der Waals surface area (Å²) in [6.07, 6.45) is 2.13. The number of carbonyl (C=O) groups excluding carboxylic acids is 1. The molecule has 3 heterocycles. The highest BCUT2D eigenvalue weighted by atomic mass is 35.5. The van der Waals surface area contributed by atoms with Crippen LogP contribution in [0.25, 0.3) is 10.4 Å². The Balaban J connectivity index is 1.56. The number of nitrogens with one attached hydrogen (secondary N) is 1. The normalized spacial score (nSPS) is 18.6. The van der Waals surface area contributed by atoms with Gasteiger partial charge in [-0.15, -0.1) is 8.78 Å². The fraction of sp³-hybridized carbons (Fsp3) is 0.286. The van der Waals surface area contributed by atoms with Gasteiger partial charge < -0.3 is 15.0 Å². The van der Waals surface area contributed by atoms with Crippen molar-refractivity contribution >= 4 is 40.5 Å². The van der Waals surface area contributed by atoms with Crippen LogP contribution in [-0.2, 0) is 0 Å². The third kappa shape index (κ3) is 5.13. The molecule has 1 amide bonds. The number of anilines is 2. The largest absolute Gasteiger partial charge is 0.487 e. The number of halogens is 4. The first kappa shape index (κ1) is 22.3. The Kier molecular flexibility index (Phi) is 6.25. The summed E-state index contributed by atoms with van der Waals surface area (Å²) in [7, 11) is 0. The average Bonchev–Trinajstić information content (AvgIpc) is 3.38. The maximum atomic E-state index is 14.1. The van der Waals surface area contributed by atoms with E-state index in [1.807, 2.05) is 17.9 Å². The predicted octanol–water partition coefficient (Wildman–Crippen LogP) is 5.42. The number of carbonyl (C=O) groups is 1. The van der Waals surface area contributed by atoms with Gasteiger partial charge in [0.05, 0.1) is 17.0 Å². The van der Waals surface area contributed by atoms with Crippen LogP contribution in [0.15, 0.2) is 48.8 Å². The molecule has 1 fully saturated rings. The molecule has 2 atom stereocenters. The topological polar surface area (TPSA) is 67.4 Å². The van der Waals surface area contributed by atoms with Crippen LogP contribution in [0.1, 0.15) is 17.3 Å². The van der Waals surface area contributed by atoms with E-state index in [4.69, 9.17) is 11.6 Å². The number of pyridine rings is 1. The van der Waals surface area contributed by atoms with Gasteiger partial charge >= 0.3 is 5.57 Å². The lowest BCUT2D eigenvalue weighted by molar-refractivity contribution is -0.0964. The molecule has 168 valence electrons. The zero-order valence-corrected chi connectivity index (χ0v) is 18.3. The van der Waals surface area contributed by atoms with Gasteiger partial charge in [-0.1, -0.05) is 6.92 Å². The number of ether oxygens (including phenoxy) is 1. The lowest BCUT2D eigenvalue weighted by Gasteiger charge is -2.20. The van der Waals surface area contributed by atoms with Gasteiger partial charge in [-0.05, 0) is 47.9 Å². The molecule has 1 saturated heterocycles. The average molecular weight is 483 g/mol. The number of amides is 1. The van der Waals surface area contributed by atoms with E-state index in [1.165, 1.54) is 42.0 Å². The molecule has 1 aliphatic rings. The quantitative estimate of drug-likeness (QED) is 0.475. The van der Waals surface area contributed by atoms with Crippen molar-refractivity contribution in [3.8, 4) is 16.2 Å². The van der Waals surface area contributed by atoms with E-state index in [0.717, 1.165) is 4.88 Å². The van der Waals surface area contributed by atoms with E-state index < -0.39 is 17.6 Å². The SMILES string of the molecule is CC1CN(c2ncc(C(=O)Nc3ccc(OC(F)(F)Cl)cc3)cc2-c2ccns2)CC1F. The van der Waals surface area contributed by atoms with Gasteiger partial charge in [0.15, 0.2) is 0 Å². The minimum absolute atomic E-state index is 0.111. The van der Waals surface area contributed by atoms with Crippen molar-refractivity contribution in [3.63, 3.8) is 0 Å². The standard InChI is InChI=1S/C21H18ClF3N4O2S/c1-12-10-29(11-17(12)23)19-16(18-6-7-27-32-18)8-13(9-26-19)20(30)28-14-2-4-15(5-3-14)31-21(22,24)25/h2-9,12,17H,10-11H2,1H3,(H,28,30). The minimum Gasteiger partial charge on any atom is -0.420 e. The molecule has 0 aliphatic carbocycles. The fourth-order valence-corrected chi connectivity index (χ4v) is 4.11. The van der Waals surface area contributed by atoms with Gasteiger partial charge in [-0.25, -0.2) is 13.7 Å². The lowest BCUT2D eigenvalue weighted by atomic mass is 10.1. The molecule has 4 rings (SSSR count). The van der Waals surface area contributed by atoms with Crippen LogP contribution < -0.4 is 15.0 Å². The van der Waals surface area contributed by atoms with E-state index in [1.54, 1.807) is 12.3 Å². The zero-order valence-electron chi connectivity index (χ0n) is 16.8. The van der Waals surface area contributed by atoms with Crippen molar-refractivity contribution in [2.75, 3.05) is 23.3 Å². The molecule has 0 spiro atoms. The van der Waals surface area contributed by atoms with Gasteiger partial charge in [-0.2, -0.15) is 0 Å². The Labute approximate surface area is 191 Å². The molecule has 3 aromatic rings. The lowest BCUT2D eigenvalue weighted by Crippen LogP contribution is -2.22. The Hall–Kier alpha value is -2.85.